The minimum Gasteiger partial charge on any atom is -0.508 e. The van der Waals surface area contributed by atoms with E-state index >= 15 is 0 Å². The third-order valence-corrected chi connectivity index (χ3v) is 10.7. The van der Waals surface area contributed by atoms with Gasteiger partial charge in [-0.2, -0.15) is 0 Å². The number of nitrogens with two attached hydrogens (primary N) is 1. The van der Waals surface area contributed by atoms with Crippen molar-refractivity contribution < 1.29 is 24.0 Å². The molecule has 0 spiro atoms. The summed E-state index contributed by atoms with van der Waals surface area (Å²) in [4.78, 5) is 21.6. The van der Waals surface area contributed by atoms with E-state index in [1.165, 1.54) is 7.11 Å². The first-order valence-corrected chi connectivity index (χ1v) is 20.4. The number of imidazole rings is 1. The molecule has 0 radical (unpaired) electrons. The summed E-state index contributed by atoms with van der Waals surface area (Å²) in [7, 11) is -1.83. The number of carbonyl (C=O) groups is 1. The molecule has 4 heterocycles. The summed E-state index contributed by atoms with van der Waals surface area (Å²) in [6.07, 6.45) is 2.25. The SMILES string of the molecule is C=S(N)(=O)Nc1nnc(-c2cc(OC)c(O)cc2C)n1-c1cccc2c1ncn2C(C)CCC(=O)Nc1nnc(-c2ccc(O)cc2C)n1-c1cccc2[nH]c(Cl)cc12. The highest BCUT2D eigenvalue weighted by molar-refractivity contribution is 7.99. The summed E-state index contributed by atoms with van der Waals surface area (Å²) >= 11 is 6.37. The fraction of sp³-hybridized carbons (Fsp3) is 0.175. The Labute approximate surface area is 342 Å². The first kappa shape index (κ1) is 39.0. The number of phenolic OH excluding ortho intramolecular Hbond substituents is 2. The number of aromatic amines is 1. The van der Waals surface area contributed by atoms with Crippen molar-refractivity contribution in [2.75, 3.05) is 17.1 Å². The van der Waals surface area contributed by atoms with E-state index in [0.29, 0.717) is 51.2 Å². The molecular weight excluding hydrogens is 796 g/mol. The molecule has 2 atom stereocenters. The molecule has 0 bridgehead atoms. The number of anilines is 2. The van der Waals surface area contributed by atoms with E-state index in [1.807, 2.05) is 54.8 Å². The molecule has 19 heteroatoms. The highest BCUT2D eigenvalue weighted by Gasteiger charge is 2.25. The number of carbonyl (C=O) groups excluding carboxylic acids is 1. The predicted molar refractivity (Wildman–Crippen MR) is 229 cm³/mol. The van der Waals surface area contributed by atoms with Gasteiger partial charge in [0.2, 0.25) is 17.8 Å². The number of aromatic nitrogens is 9. The summed E-state index contributed by atoms with van der Waals surface area (Å²) in [5, 5.41) is 48.1. The second-order valence-electron chi connectivity index (χ2n) is 14.1. The summed E-state index contributed by atoms with van der Waals surface area (Å²) < 4.78 is 26.1. The average Bonchev–Trinajstić information content (AvgIpc) is 3.98. The van der Waals surface area contributed by atoms with E-state index in [9.17, 15) is 19.2 Å². The number of rotatable bonds is 12. The molecule has 0 fully saturated rings. The van der Waals surface area contributed by atoms with Crippen LogP contribution in [0.1, 0.15) is 36.9 Å². The zero-order valence-corrected chi connectivity index (χ0v) is 33.8. The van der Waals surface area contributed by atoms with Crippen LogP contribution in [0.15, 0.2) is 79.1 Å². The van der Waals surface area contributed by atoms with Crippen LogP contribution in [0.2, 0.25) is 5.15 Å². The molecule has 1 amide bonds. The van der Waals surface area contributed by atoms with Gasteiger partial charge in [0.1, 0.15) is 26.3 Å². The Balaban J connectivity index is 1.10. The highest BCUT2D eigenvalue weighted by Crippen LogP contribution is 2.38. The van der Waals surface area contributed by atoms with Gasteiger partial charge < -0.3 is 24.5 Å². The number of nitrogens with zero attached hydrogens (tertiary/aromatic N) is 8. The standard InChI is InChI=1S/C40H39ClN12O5S/c1-21-16-24(54)13-14-25(21)37-46-48-39(52(37)29-9-6-8-28-27(29)19-34(41)44-28)45-35(56)15-12-23(3)51-20-43-36-30(51)10-7-11-31(36)53-38(47-49-40(53)50-59(5,42)57)26-18-33(58-4)32(55)17-22(26)2/h6-11,13-14,16-20,23,44,54-55H,5,12,15H2,1-4H3,(H,45,48,56)(H3,42,49,50,57). The minimum absolute atomic E-state index is 0.0417. The molecule has 0 aliphatic heterocycles. The maximum atomic E-state index is 13.7. The van der Waals surface area contributed by atoms with Gasteiger partial charge in [-0.05, 0) is 105 Å². The number of hydrogen-bond acceptors (Lipinski definition) is 10. The Morgan fingerprint density at radius 1 is 0.949 bits per heavy atom. The zero-order valence-electron chi connectivity index (χ0n) is 32.3. The lowest BCUT2D eigenvalue weighted by atomic mass is 10.1. The van der Waals surface area contributed by atoms with Crippen molar-refractivity contribution in [1.29, 1.82) is 0 Å². The minimum atomic E-state index is -3.28. The van der Waals surface area contributed by atoms with Crippen molar-refractivity contribution >= 4 is 67.1 Å². The number of fused-ring (bicyclic) bond motifs is 2. The molecular formula is C40H39ClN12O5S. The first-order chi connectivity index (χ1) is 28.2. The Morgan fingerprint density at radius 3 is 2.39 bits per heavy atom. The number of halogens is 1. The Morgan fingerprint density at radius 2 is 1.64 bits per heavy atom. The lowest BCUT2D eigenvalue weighted by Gasteiger charge is -2.17. The van der Waals surface area contributed by atoms with Gasteiger partial charge in [0.25, 0.3) is 0 Å². The third kappa shape index (κ3) is 7.39. The lowest BCUT2D eigenvalue weighted by Crippen LogP contribution is -2.23. The van der Waals surface area contributed by atoms with Gasteiger partial charge in [-0.1, -0.05) is 23.7 Å². The molecule has 4 aromatic heterocycles. The number of para-hydroxylation sites is 1. The van der Waals surface area contributed by atoms with E-state index in [2.05, 4.69) is 41.3 Å². The number of hydrogen-bond donors (Lipinski definition) is 6. The Hall–Kier alpha value is -6.89. The predicted octanol–water partition coefficient (Wildman–Crippen LogP) is 6.60. The van der Waals surface area contributed by atoms with Crippen LogP contribution in [0.3, 0.4) is 0 Å². The number of nitrogens with one attached hydrogen (secondary N) is 3. The van der Waals surface area contributed by atoms with Gasteiger partial charge >= 0.3 is 0 Å². The monoisotopic (exact) mass is 834 g/mol. The Kier molecular flexibility index (Phi) is 9.99. The van der Waals surface area contributed by atoms with Crippen LogP contribution in [-0.2, 0) is 14.7 Å². The number of H-pyrrole nitrogens is 1. The molecule has 302 valence electrons. The molecule has 2 unspecified atom stereocenters. The zero-order chi connectivity index (χ0) is 41.7. The number of aryl methyl sites for hydroxylation is 2. The molecule has 4 aromatic carbocycles. The van der Waals surface area contributed by atoms with E-state index < -0.39 is 9.89 Å². The van der Waals surface area contributed by atoms with E-state index in [-0.39, 0.29) is 47.5 Å². The number of benzene rings is 4. The molecule has 7 N–H and O–H groups in total. The van der Waals surface area contributed by atoms with Gasteiger partial charge in [0, 0.05) is 34.5 Å². The summed E-state index contributed by atoms with van der Waals surface area (Å²) in [6, 6.07) is 21.0. The van der Waals surface area contributed by atoms with Crippen molar-refractivity contribution in [3.63, 3.8) is 0 Å². The maximum absolute atomic E-state index is 13.7. The molecule has 8 aromatic rings. The van der Waals surface area contributed by atoms with Crippen LogP contribution in [-0.4, -0.2) is 77.4 Å². The van der Waals surface area contributed by atoms with Gasteiger partial charge in [0.05, 0.1) is 30.3 Å². The second kappa shape index (κ2) is 15.1. The molecule has 0 saturated heterocycles. The maximum Gasteiger partial charge on any atom is 0.241 e. The molecule has 0 aliphatic carbocycles. The number of phenols is 2. The van der Waals surface area contributed by atoms with Crippen LogP contribution in [0, 0.1) is 13.8 Å². The summed E-state index contributed by atoms with van der Waals surface area (Å²) in [5.41, 5.74) is 6.08. The number of aromatic hydroxyl groups is 2. The van der Waals surface area contributed by atoms with Crippen molar-refractivity contribution in [2.45, 2.75) is 39.7 Å². The molecule has 59 heavy (non-hydrogen) atoms. The number of ether oxygens (including phenoxy) is 1. The van der Waals surface area contributed by atoms with Crippen molar-refractivity contribution in [1.82, 2.24) is 44.1 Å². The van der Waals surface area contributed by atoms with Gasteiger partial charge in [-0.25, -0.2) is 14.3 Å². The Bertz CT molecular complexity index is 3040. The normalized spacial score (nSPS) is 13.1. The van der Waals surface area contributed by atoms with E-state index in [4.69, 9.17) is 26.5 Å². The fourth-order valence-electron chi connectivity index (χ4n) is 7.19. The van der Waals surface area contributed by atoms with Crippen LogP contribution in [0.25, 0.3) is 56.1 Å². The summed E-state index contributed by atoms with van der Waals surface area (Å²) in [5.74, 6) is 4.63. The highest BCUT2D eigenvalue weighted by atomic mass is 35.5. The number of amides is 1. The molecule has 8 rings (SSSR count). The lowest BCUT2D eigenvalue weighted by molar-refractivity contribution is -0.116. The van der Waals surface area contributed by atoms with Gasteiger partial charge in [0.15, 0.2) is 23.1 Å². The summed E-state index contributed by atoms with van der Waals surface area (Å²) in [6.45, 7) is 5.65. The molecule has 17 nitrogen and oxygen atoms in total. The van der Waals surface area contributed by atoms with Crippen molar-refractivity contribution in [2.24, 2.45) is 5.14 Å². The van der Waals surface area contributed by atoms with Gasteiger partial charge in [-0.15, -0.1) is 20.4 Å². The molecule has 0 aliphatic rings. The first-order valence-electron chi connectivity index (χ1n) is 18.3. The molecule has 0 saturated carbocycles. The van der Waals surface area contributed by atoms with Crippen LogP contribution >= 0.6 is 11.6 Å². The van der Waals surface area contributed by atoms with Crippen LogP contribution in [0.5, 0.6) is 17.2 Å². The average molecular weight is 835 g/mol. The van der Waals surface area contributed by atoms with E-state index in [1.54, 1.807) is 58.8 Å². The quantitative estimate of drug-likeness (QED) is 0.0723. The second-order valence-corrected chi connectivity index (χ2v) is 16.2. The smallest absolute Gasteiger partial charge is 0.241 e. The van der Waals surface area contributed by atoms with E-state index in [0.717, 1.165) is 27.5 Å². The topological polar surface area (TPSA) is 229 Å². The third-order valence-electron chi connectivity index (χ3n) is 10.00. The van der Waals surface area contributed by atoms with Crippen LogP contribution in [0.4, 0.5) is 11.9 Å². The van der Waals surface area contributed by atoms with Gasteiger partial charge in [-0.3, -0.25) is 24.0 Å². The van der Waals surface area contributed by atoms with Crippen LogP contribution < -0.4 is 19.9 Å². The largest absolute Gasteiger partial charge is 0.508 e. The number of methoxy groups -OCH3 is 1. The fourth-order valence-corrected chi connectivity index (χ4v) is 7.84. The van der Waals surface area contributed by atoms with Crippen molar-refractivity contribution in [3.8, 4) is 51.4 Å². The van der Waals surface area contributed by atoms with Crippen molar-refractivity contribution in [3.05, 3.63) is 95.4 Å².